The Morgan fingerprint density at radius 3 is 2.42 bits per heavy atom. The molecule has 0 amide bonds. The van der Waals surface area contributed by atoms with Crippen molar-refractivity contribution in [3.63, 3.8) is 0 Å². The molecule has 3 nitrogen and oxygen atoms in total. The van der Waals surface area contributed by atoms with Crippen LogP contribution in [0.2, 0.25) is 0 Å². The minimum atomic E-state index is -0.710. The number of piperidine rings is 1. The molecule has 1 heterocycles. The monoisotopic (exact) mass is 171 g/mol. The topological polar surface area (TPSA) is 40.5 Å². The van der Waals surface area contributed by atoms with Gasteiger partial charge in [-0.05, 0) is 26.8 Å². The lowest BCUT2D eigenvalue weighted by atomic mass is 9.87. The number of aliphatic hydroxyl groups is 1. The number of carbonyl (C=O) groups is 1. The van der Waals surface area contributed by atoms with Gasteiger partial charge in [-0.2, -0.15) is 0 Å². The van der Waals surface area contributed by atoms with Gasteiger partial charge in [-0.3, -0.25) is 4.79 Å². The van der Waals surface area contributed by atoms with Gasteiger partial charge in [0.05, 0.1) is 5.60 Å². The molecule has 0 atom stereocenters. The number of carbonyl (C=O) groups excluding carboxylic acids is 1. The highest BCUT2D eigenvalue weighted by atomic mass is 16.3. The van der Waals surface area contributed by atoms with Crippen LogP contribution in [0.4, 0.5) is 0 Å². The van der Waals surface area contributed by atoms with Gasteiger partial charge in [-0.1, -0.05) is 0 Å². The number of nitrogens with zero attached hydrogens (tertiary/aromatic N) is 1. The standard InChI is InChI=1S/C9H17NO2/c1-8(11)7-9(12)3-5-10(2)6-4-9/h12H,3-7H2,1-2H3. The van der Waals surface area contributed by atoms with E-state index in [0.717, 1.165) is 25.9 Å². The summed E-state index contributed by atoms with van der Waals surface area (Å²) in [7, 11) is 2.04. The molecule has 1 N–H and O–H groups in total. The molecule has 0 aliphatic carbocycles. The average molecular weight is 171 g/mol. The molecule has 0 radical (unpaired) electrons. The summed E-state index contributed by atoms with van der Waals surface area (Å²) in [4.78, 5) is 13.0. The molecule has 0 aromatic rings. The van der Waals surface area contributed by atoms with E-state index in [2.05, 4.69) is 4.90 Å². The number of ketones is 1. The molecular weight excluding hydrogens is 154 g/mol. The van der Waals surface area contributed by atoms with E-state index in [9.17, 15) is 9.90 Å². The molecule has 70 valence electrons. The van der Waals surface area contributed by atoms with E-state index in [-0.39, 0.29) is 5.78 Å². The zero-order chi connectivity index (χ0) is 9.19. The quantitative estimate of drug-likeness (QED) is 0.654. The number of rotatable bonds is 2. The van der Waals surface area contributed by atoms with E-state index in [1.165, 1.54) is 6.92 Å². The first-order chi connectivity index (χ1) is 5.52. The van der Waals surface area contributed by atoms with Crippen molar-refractivity contribution in [2.45, 2.75) is 31.8 Å². The molecule has 12 heavy (non-hydrogen) atoms. The lowest BCUT2D eigenvalue weighted by Gasteiger charge is -2.35. The lowest BCUT2D eigenvalue weighted by Crippen LogP contribution is -2.43. The van der Waals surface area contributed by atoms with Crippen molar-refractivity contribution in [2.24, 2.45) is 0 Å². The molecule has 1 rings (SSSR count). The summed E-state index contributed by atoms with van der Waals surface area (Å²) in [6.45, 7) is 3.32. The highest BCUT2D eigenvalue weighted by Gasteiger charge is 2.31. The molecule has 1 aliphatic rings. The Morgan fingerprint density at radius 2 is 2.00 bits per heavy atom. The minimum Gasteiger partial charge on any atom is -0.389 e. The Bertz CT molecular complexity index is 171. The van der Waals surface area contributed by atoms with Crippen LogP contribution in [0.3, 0.4) is 0 Å². The summed E-state index contributed by atoms with van der Waals surface area (Å²) in [6, 6.07) is 0. The van der Waals surface area contributed by atoms with Crippen molar-refractivity contribution < 1.29 is 9.90 Å². The molecule has 0 saturated carbocycles. The average Bonchev–Trinajstić information content (AvgIpc) is 1.94. The smallest absolute Gasteiger partial charge is 0.132 e. The SMILES string of the molecule is CC(=O)CC1(O)CCN(C)CC1. The third-order valence-corrected chi connectivity index (χ3v) is 2.50. The molecule has 3 heteroatoms. The van der Waals surface area contributed by atoms with Crippen molar-refractivity contribution in [2.75, 3.05) is 20.1 Å². The van der Waals surface area contributed by atoms with Crippen LogP contribution in [-0.2, 0) is 4.79 Å². The van der Waals surface area contributed by atoms with Crippen LogP contribution in [0.5, 0.6) is 0 Å². The van der Waals surface area contributed by atoms with Crippen LogP contribution in [-0.4, -0.2) is 41.5 Å². The maximum Gasteiger partial charge on any atom is 0.132 e. The lowest BCUT2D eigenvalue weighted by molar-refractivity contribution is -0.123. The summed E-state index contributed by atoms with van der Waals surface area (Å²) in [6.07, 6.45) is 1.77. The second kappa shape index (κ2) is 3.54. The number of Topliss-reactive ketones (excluding diaryl/α,β-unsaturated/α-hetero) is 1. The van der Waals surface area contributed by atoms with Gasteiger partial charge in [0.25, 0.3) is 0 Å². The van der Waals surface area contributed by atoms with E-state index < -0.39 is 5.60 Å². The Labute approximate surface area is 73.4 Å². The second-order valence-corrected chi connectivity index (χ2v) is 3.91. The Balaban J connectivity index is 2.44. The summed E-state index contributed by atoms with van der Waals surface area (Å²) in [5, 5.41) is 9.91. The molecule has 0 aromatic carbocycles. The minimum absolute atomic E-state index is 0.0852. The number of hydrogen-bond donors (Lipinski definition) is 1. The summed E-state index contributed by atoms with van der Waals surface area (Å²) >= 11 is 0. The van der Waals surface area contributed by atoms with Gasteiger partial charge in [0, 0.05) is 19.5 Å². The molecule has 0 spiro atoms. The van der Waals surface area contributed by atoms with E-state index in [4.69, 9.17) is 0 Å². The highest BCUT2D eigenvalue weighted by Crippen LogP contribution is 2.24. The number of likely N-dealkylation sites (tertiary alicyclic amines) is 1. The van der Waals surface area contributed by atoms with E-state index in [1.807, 2.05) is 7.05 Å². The Hall–Kier alpha value is -0.410. The van der Waals surface area contributed by atoms with Gasteiger partial charge >= 0.3 is 0 Å². The Kier molecular flexibility index (Phi) is 2.85. The van der Waals surface area contributed by atoms with Crippen LogP contribution in [0.15, 0.2) is 0 Å². The molecule has 0 unspecified atom stereocenters. The summed E-state index contributed by atoms with van der Waals surface area (Å²) < 4.78 is 0. The van der Waals surface area contributed by atoms with E-state index in [0.29, 0.717) is 6.42 Å². The first-order valence-electron chi connectivity index (χ1n) is 4.42. The third-order valence-electron chi connectivity index (χ3n) is 2.50. The maximum absolute atomic E-state index is 10.8. The molecular formula is C9H17NO2. The van der Waals surface area contributed by atoms with Crippen LogP contribution >= 0.6 is 0 Å². The van der Waals surface area contributed by atoms with E-state index in [1.54, 1.807) is 0 Å². The summed E-state index contributed by atoms with van der Waals surface area (Å²) in [5.41, 5.74) is -0.710. The fourth-order valence-electron chi connectivity index (χ4n) is 1.67. The van der Waals surface area contributed by atoms with Gasteiger partial charge in [0.1, 0.15) is 5.78 Å². The predicted octanol–water partition coefficient (Wildman–Crippen LogP) is 0.422. The molecule has 1 fully saturated rings. The molecule has 0 aromatic heterocycles. The fraction of sp³-hybridized carbons (Fsp3) is 0.889. The molecule has 1 saturated heterocycles. The van der Waals surface area contributed by atoms with Crippen molar-refractivity contribution in [1.82, 2.24) is 4.90 Å². The fourth-order valence-corrected chi connectivity index (χ4v) is 1.67. The van der Waals surface area contributed by atoms with Gasteiger partial charge in [0.2, 0.25) is 0 Å². The Morgan fingerprint density at radius 1 is 1.50 bits per heavy atom. The number of hydrogen-bond acceptors (Lipinski definition) is 3. The third kappa shape index (κ3) is 2.57. The first-order valence-corrected chi connectivity index (χ1v) is 4.42. The first kappa shape index (κ1) is 9.68. The van der Waals surface area contributed by atoms with Crippen LogP contribution in [0.1, 0.15) is 26.2 Å². The zero-order valence-corrected chi connectivity index (χ0v) is 7.84. The predicted molar refractivity (Wildman–Crippen MR) is 47.0 cm³/mol. The molecule has 1 aliphatic heterocycles. The van der Waals surface area contributed by atoms with Crippen LogP contribution in [0.25, 0.3) is 0 Å². The van der Waals surface area contributed by atoms with Crippen molar-refractivity contribution in [3.05, 3.63) is 0 Å². The second-order valence-electron chi connectivity index (χ2n) is 3.91. The zero-order valence-electron chi connectivity index (χ0n) is 7.84. The van der Waals surface area contributed by atoms with Gasteiger partial charge in [0.15, 0.2) is 0 Å². The van der Waals surface area contributed by atoms with Gasteiger partial charge in [-0.25, -0.2) is 0 Å². The highest BCUT2D eigenvalue weighted by molar-refractivity contribution is 5.76. The largest absolute Gasteiger partial charge is 0.389 e. The van der Waals surface area contributed by atoms with E-state index >= 15 is 0 Å². The van der Waals surface area contributed by atoms with Crippen molar-refractivity contribution >= 4 is 5.78 Å². The van der Waals surface area contributed by atoms with Crippen LogP contribution in [0, 0.1) is 0 Å². The van der Waals surface area contributed by atoms with Crippen molar-refractivity contribution in [1.29, 1.82) is 0 Å². The normalized spacial score (nSPS) is 23.9. The van der Waals surface area contributed by atoms with Gasteiger partial charge in [-0.15, -0.1) is 0 Å². The van der Waals surface area contributed by atoms with Crippen LogP contribution < -0.4 is 0 Å². The van der Waals surface area contributed by atoms with Crippen molar-refractivity contribution in [3.8, 4) is 0 Å². The van der Waals surface area contributed by atoms with Gasteiger partial charge < -0.3 is 10.0 Å². The maximum atomic E-state index is 10.8. The molecule has 0 bridgehead atoms. The summed E-state index contributed by atoms with van der Waals surface area (Å²) in [5.74, 6) is 0.0852.